The second kappa shape index (κ2) is 9.49. The molecule has 2 aliphatic rings. The highest BCUT2D eigenvalue weighted by atomic mass is 16.6. The number of hydrogen-bond acceptors (Lipinski definition) is 7. The van der Waals surface area contributed by atoms with Crippen LogP contribution < -0.4 is 5.32 Å². The summed E-state index contributed by atoms with van der Waals surface area (Å²) in [6.07, 6.45) is 3.07. The maximum atomic E-state index is 12.3. The SMILES string of the molecule is CC(C)Cc1nc(CN2CCC(CNC(=O)C3CC(C(C)C)=NO3)CC2)no1. The number of nitrogens with one attached hydrogen (secondary N) is 1. The number of nitrogens with zero attached hydrogens (tertiary/aromatic N) is 4. The van der Waals surface area contributed by atoms with Crippen LogP contribution in [-0.2, 0) is 22.6 Å². The molecular weight excluding hydrogens is 358 g/mol. The summed E-state index contributed by atoms with van der Waals surface area (Å²) in [5.74, 6) is 2.77. The van der Waals surface area contributed by atoms with Crippen LogP contribution in [0.5, 0.6) is 0 Å². The Kier molecular flexibility index (Phi) is 7.04. The number of carbonyl (C=O) groups is 1. The molecule has 1 atom stereocenters. The summed E-state index contributed by atoms with van der Waals surface area (Å²) in [5, 5.41) is 11.2. The molecule has 8 nitrogen and oxygen atoms in total. The molecule has 8 heteroatoms. The molecule has 1 aromatic heterocycles. The van der Waals surface area contributed by atoms with Crippen LogP contribution >= 0.6 is 0 Å². The van der Waals surface area contributed by atoms with Crippen molar-refractivity contribution in [3.05, 3.63) is 11.7 Å². The van der Waals surface area contributed by atoms with Crippen LogP contribution in [0.4, 0.5) is 0 Å². The van der Waals surface area contributed by atoms with Crippen molar-refractivity contribution in [3.63, 3.8) is 0 Å². The minimum Gasteiger partial charge on any atom is -0.382 e. The molecule has 1 amide bonds. The lowest BCUT2D eigenvalue weighted by molar-refractivity contribution is -0.131. The van der Waals surface area contributed by atoms with Gasteiger partial charge in [-0.3, -0.25) is 9.69 Å². The Labute approximate surface area is 167 Å². The molecule has 3 rings (SSSR count). The first-order valence-corrected chi connectivity index (χ1v) is 10.4. The fourth-order valence-corrected chi connectivity index (χ4v) is 3.57. The lowest BCUT2D eigenvalue weighted by atomic mass is 9.96. The van der Waals surface area contributed by atoms with Gasteiger partial charge in [0.25, 0.3) is 5.91 Å². The second-order valence-corrected chi connectivity index (χ2v) is 8.70. The van der Waals surface area contributed by atoms with E-state index in [0.29, 0.717) is 30.7 Å². The lowest BCUT2D eigenvalue weighted by Crippen LogP contribution is -2.41. The minimum absolute atomic E-state index is 0.0497. The fraction of sp³-hybridized carbons (Fsp3) is 0.800. The molecule has 1 saturated heterocycles. The highest BCUT2D eigenvalue weighted by Crippen LogP contribution is 2.19. The minimum atomic E-state index is -0.462. The Morgan fingerprint density at radius 2 is 2.00 bits per heavy atom. The van der Waals surface area contributed by atoms with Gasteiger partial charge in [-0.2, -0.15) is 4.98 Å². The third-order valence-corrected chi connectivity index (χ3v) is 5.38. The van der Waals surface area contributed by atoms with Crippen LogP contribution in [-0.4, -0.2) is 52.4 Å². The summed E-state index contributed by atoms with van der Waals surface area (Å²) >= 11 is 0. The third kappa shape index (κ3) is 5.77. The number of oxime groups is 1. The van der Waals surface area contributed by atoms with E-state index in [1.165, 1.54) is 0 Å². The van der Waals surface area contributed by atoms with Crippen molar-refractivity contribution in [1.82, 2.24) is 20.4 Å². The van der Waals surface area contributed by atoms with E-state index in [1.807, 2.05) is 0 Å². The molecule has 0 bridgehead atoms. The van der Waals surface area contributed by atoms with E-state index in [0.717, 1.165) is 56.3 Å². The molecule has 0 aliphatic carbocycles. The molecule has 156 valence electrons. The molecule has 0 saturated carbocycles. The zero-order valence-electron chi connectivity index (χ0n) is 17.5. The van der Waals surface area contributed by atoms with E-state index in [4.69, 9.17) is 9.36 Å². The molecule has 0 aromatic carbocycles. The van der Waals surface area contributed by atoms with Crippen molar-refractivity contribution < 1.29 is 14.2 Å². The van der Waals surface area contributed by atoms with Gasteiger partial charge in [0.15, 0.2) is 5.82 Å². The summed E-state index contributed by atoms with van der Waals surface area (Å²) in [6, 6.07) is 0. The first kappa shape index (κ1) is 20.8. The predicted molar refractivity (Wildman–Crippen MR) is 106 cm³/mol. The molecule has 1 aromatic rings. The fourth-order valence-electron chi connectivity index (χ4n) is 3.57. The molecule has 28 heavy (non-hydrogen) atoms. The van der Waals surface area contributed by atoms with Crippen molar-refractivity contribution in [2.75, 3.05) is 19.6 Å². The summed E-state index contributed by atoms with van der Waals surface area (Å²) in [7, 11) is 0. The normalized spacial score (nSPS) is 21.2. The zero-order chi connectivity index (χ0) is 20.1. The largest absolute Gasteiger partial charge is 0.382 e. The maximum Gasteiger partial charge on any atom is 0.264 e. The standard InChI is InChI=1S/C20H33N5O3/c1-13(2)9-19-22-18(24-28-19)12-25-7-5-15(6-8-25)11-21-20(26)17-10-16(14(3)4)23-27-17/h13-15,17H,5-12H2,1-4H3,(H,21,26). The summed E-state index contributed by atoms with van der Waals surface area (Å²) < 4.78 is 5.32. The number of amides is 1. The van der Waals surface area contributed by atoms with Gasteiger partial charge >= 0.3 is 0 Å². The molecule has 3 heterocycles. The van der Waals surface area contributed by atoms with Crippen molar-refractivity contribution >= 4 is 11.6 Å². The Morgan fingerprint density at radius 3 is 2.64 bits per heavy atom. The summed E-state index contributed by atoms with van der Waals surface area (Å²) in [6.45, 7) is 11.8. The first-order chi connectivity index (χ1) is 13.4. The van der Waals surface area contributed by atoms with Gasteiger partial charge in [0.1, 0.15) is 0 Å². The van der Waals surface area contributed by atoms with Crippen molar-refractivity contribution in [2.45, 2.75) is 66.0 Å². The average molecular weight is 392 g/mol. The van der Waals surface area contributed by atoms with Gasteiger partial charge in [0, 0.05) is 19.4 Å². The van der Waals surface area contributed by atoms with Crippen LogP contribution in [0.15, 0.2) is 9.68 Å². The Hall–Kier alpha value is -1.96. The molecular formula is C20H33N5O3. The zero-order valence-corrected chi connectivity index (χ0v) is 17.5. The highest BCUT2D eigenvalue weighted by molar-refractivity contribution is 5.93. The van der Waals surface area contributed by atoms with Gasteiger partial charge in [0.2, 0.25) is 12.0 Å². The third-order valence-electron chi connectivity index (χ3n) is 5.38. The quantitative estimate of drug-likeness (QED) is 0.731. The Balaban J connectivity index is 1.34. The number of likely N-dealkylation sites (tertiary alicyclic amines) is 1. The second-order valence-electron chi connectivity index (χ2n) is 8.70. The molecule has 1 N–H and O–H groups in total. The van der Waals surface area contributed by atoms with Crippen LogP contribution in [0.2, 0.25) is 0 Å². The van der Waals surface area contributed by atoms with Crippen molar-refractivity contribution in [1.29, 1.82) is 0 Å². The summed E-state index contributed by atoms with van der Waals surface area (Å²) in [4.78, 5) is 24.4. The Bertz CT molecular complexity index is 677. The topological polar surface area (TPSA) is 92.9 Å². The van der Waals surface area contributed by atoms with Crippen LogP contribution in [0, 0.1) is 17.8 Å². The van der Waals surface area contributed by atoms with Crippen molar-refractivity contribution in [2.24, 2.45) is 22.9 Å². The van der Waals surface area contributed by atoms with E-state index < -0.39 is 6.10 Å². The highest BCUT2D eigenvalue weighted by Gasteiger charge is 2.30. The van der Waals surface area contributed by atoms with Crippen LogP contribution in [0.1, 0.15) is 58.7 Å². The van der Waals surface area contributed by atoms with Gasteiger partial charge in [-0.1, -0.05) is 38.0 Å². The van der Waals surface area contributed by atoms with Gasteiger partial charge in [-0.05, 0) is 43.7 Å². The Morgan fingerprint density at radius 1 is 1.25 bits per heavy atom. The number of carbonyl (C=O) groups excluding carboxylic acids is 1. The average Bonchev–Trinajstić information content (AvgIpc) is 3.30. The van der Waals surface area contributed by atoms with Gasteiger partial charge in [-0.15, -0.1) is 0 Å². The number of piperidine rings is 1. The smallest absolute Gasteiger partial charge is 0.264 e. The molecule has 1 fully saturated rings. The monoisotopic (exact) mass is 391 g/mol. The van der Waals surface area contributed by atoms with Gasteiger partial charge < -0.3 is 14.7 Å². The van der Waals surface area contributed by atoms with E-state index in [1.54, 1.807) is 0 Å². The lowest BCUT2D eigenvalue weighted by Gasteiger charge is -2.31. The van der Waals surface area contributed by atoms with E-state index >= 15 is 0 Å². The van der Waals surface area contributed by atoms with Crippen molar-refractivity contribution in [3.8, 4) is 0 Å². The van der Waals surface area contributed by atoms with Gasteiger partial charge in [-0.25, -0.2) is 0 Å². The number of aromatic nitrogens is 2. The first-order valence-electron chi connectivity index (χ1n) is 10.4. The van der Waals surface area contributed by atoms with Crippen LogP contribution in [0.25, 0.3) is 0 Å². The number of rotatable bonds is 8. The number of hydrogen-bond donors (Lipinski definition) is 1. The van der Waals surface area contributed by atoms with Gasteiger partial charge in [0.05, 0.1) is 12.3 Å². The van der Waals surface area contributed by atoms with E-state index in [9.17, 15) is 4.79 Å². The predicted octanol–water partition coefficient (Wildman–Crippen LogP) is 2.40. The molecule has 2 aliphatic heterocycles. The molecule has 1 unspecified atom stereocenters. The maximum absolute atomic E-state index is 12.3. The summed E-state index contributed by atoms with van der Waals surface area (Å²) in [5.41, 5.74) is 0.964. The van der Waals surface area contributed by atoms with E-state index in [2.05, 4.69) is 53.2 Å². The van der Waals surface area contributed by atoms with Crippen LogP contribution in [0.3, 0.4) is 0 Å². The molecule has 0 radical (unpaired) electrons. The molecule has 0 spiro atoms. The van der Waals surface area contributed by atoms with E-state index in [-0.39, 0.29) is 5.91 Å².